The van der Waals surface area contributed by atoms with E-state index in [1.807, 2.05) is 37.3 Å². The largest absolute Gasteiger partial charge is 0.459 e. The molecule has 4 nitrogen and oxygen atoms in total. The third-order valence-corrected chi connectivity index (χ3v) is 4.09. The number of esters is 1. The highest BCUT2D eigenvalue weighted by molar-refractivity contribution is 5.75. The summed E-state index contributed by atoms with van der Waals surface area (Å²) >= 11 is 0. The normalized spacial score (nSPS) is 30.9. The van der Waals surface area contributed by atoms with Crippen molar-refractivity contribution in [2.75, 3.05) is 0 Å². The van der Waals surface area contributed by atoms with Crippen LogP contribution in [0.3, 0.4) is 0 Å². The van der Waals surface area contributed by atoms with Crippen LogP contribution in [0.25, 0.3) is 0 Å². The summed E-state index contributed by atoms with van der Waals surface area (Å²) in [6.07, 6.45) is 2.23. The van der Waals surface area contributed by atoms with Gasteiger partial charge in [-0.3, -0.25) is 4.79 Å². The molecule has 2 rings (SSSR count). The van der Waals surface area contributed by atoms with E-state index >= 15 is 0 Å². The second-order valence-electron chi connectivity index (χ2n) is 5.92. The fourth-order valence-electron chi connectivity index (χ4n) is 2.81. The molecule has 1 aromatic rings. The van der Waals surface area contributed by atoms with Crippen molar-refractivity contribution in [3.63, 3.8) is 0 Å². The molecule has 1 fully saturated rings. The molecule has 0 bridgehead atoms. The molecule has 1 heterocycles. The van der Waals surface area contributed by atoms with E-state index in [1.54, 1.807) is 0 Å². The number of ether oxygens (including phenoxy) is 2. The van der Waals surface area contributed by atoms with Crippen LogP contribution in [0.2, 0.25) is 0 Å². The second kappa shape index (κ2) is 7.57. The summed E-state index contributed by atoms with van der Waals surface area (Å²) in [7, 11) is 0. The van der Waals surface area contributed by atoms with Crippen molar-refractivity contribution >= 4 is 5.97 Å². The Morgan fingerprint density at radius 2 is 1.95 bits per heavy atom. The number of rotatable bonds is 3. The Balaban J connectivity index is 2.01. The van der Waals surface area contributed by atoms with E-state index in [9.17, 15) is 4.79 Å². The van der Waals surface area contributed by atoms with Crippen molar-refractivity contribution in [2.45, 2.75) is 58.0 Å². The Labute approximate surface area is 126 Å². The molecule has 4 heteroatoms. The van der Waals surface area contributed by atoms with E-state index < -0.39 is 6.04 Å². The van der Waals surface area contributed by atoms with Gasteiger partial charge in [-0.15, -0.1) is 0 Å². The summed E-state index contributed by atoms with van der Waals surface area (Å²) in [5, 5.41) is 0. The zero-order chi connectivity index (χ0) is 15.2. The lowest BCUT2D eigenvalue weighted by Crippen LogP contribution is -2.39. The van der Waals surface area contributed by atoms with Crippen LogP contribution in [0, 0.1) is 5.92 Å². The van der Waals surface area contributed by atoms with Gasteiger partial charge in [0, 0.05) is 0 Å². The summed E-state index contributed by atoms with van der Waals surface area (Å²) in [5.74, 6) is 0.0201. The quantitative estimate of drug-likeness (QED) is 0.870. The lowest BCUT2D eigenvalue weighted by atomic mass is 9.94. The summed E-state index contributed by atoms with van der Waals surface area (Å²) in [5.41, 5.74) is 6.94. The third-order valence-electron chi connectivity index (χ3n) is 4.09. The Hall–Kier alpha value is -1.39. The van der Waals surface area contributed by atoms with Crippen molar-refractivity contribution in [1.29, 1.82) is 0 Å². The topological polar surface area (TPSA) is 61.6 Å². The first kappa shape index (κ1) is 16.0. The van der Waals surface area contributed by atoms with Gasteiger partial charge in [0.25, 0.3) is 0 Å². The van der Waals surface area contributed by atoms with Crippen molar-refractivity contribution in [1.82, 2.24) is 0 Å². The van der Waals surface area contributed by atoms with Gasteiger partial charge in [-0.2, -0.15) is 0 Å². The lowest BCUT2D eigenvalue weighted by Gasteiger charge is -2.28. The number of hydrogen-bond acceptors (Lipinski definition) is 4. The van der Waals surface area contributed by atoms with Gasteiger partial charge in [-0.25, -0.2) is 0 Å². The summed E-state index contributed by atoms with van der Waals surface area (Å²) in [6, 6.07) is 9.53. The zero-order valence-electron chi connectivity index (χ0n) is 12.8. The van der Waals surface area contributed by atoms with Gasteiger partial charge >= 0.3 is 5.97 Å². The Bertz CT molecular complexity index is 449. The summed E-state index contributed by atoms with van der Waals surface area (Å²) in [6.45, 7) is 4.57. The molecule has 1 aliphatic heterocycles. The van der Waals surface area contributed by atoms with E-state index in [0.717, 1.165) is 18.4 Å². The maximum Gasteiger partial charge on any atom is 0.323 e. The maximum atomic E-state index is 11.9. The molecule has 116 valence electrons. The average Bonchev–Trinajstić information content (AvgIpc) is 2.51. The van der Waals surface area contributed by atoms with Crippen LogP contribution >= 0.6 is 0 Å². The highest BCUT2D eigenvalue weighted by atomic mass is 16.6. The van der Waals surface area contributed by atoms with Crippen LogP contribution in [0.4, 0.5) is 0 Å². The smallest absolute Gasteiger partial charge is 0.323 e. The Morgan fingerprint density at radius 1 is 1.24 bits per heavy atom. The molecule has 4 atom stereocenters. The molecule has 1 saturated heterocycles. The fraction of sp³-hybridized carbons (Fsp3) is 0.588. The number of carbonyl (C=O) groups excluding carboxylic acids is 1. The lowest BCUT2D eigenvalue weighted by molar-refractivity contribution is -0.160. The van der Waals surface area contributed by atoms with Crippen LogP contribution in [-0.4, -0.2) is 24.2 Å². The molecule has 0 saturated carbocycles. The highest BCUT2D eigenvalue weighted by Gasteiger charge is 2.31. The molecule has 0 aromatic heterocycles. The molecule has 1 aromatic carbocycles. The predicted molar refractivity (Wildman–Crippen MR) is 81.6 cm³/mol. The molecule has 21 heavy (non-hydrogen) atoms. The number of cyclic esters (lactones) is 1. The molecular formula is C17H25NO3. The van der Waals surface area contributed by atoms with Crippen LogP contribution in [0.15, 0.2) is 30.3 Å². The SMILES string of the molecule is CC1CCCC(N)C(=O)OC(C)C1OCc1ccccc1. The van der Waals surface area contributed by atoms with E-state index in [4.69, 9.17) is 15.2 Å². The van der Waals surface area contributed by atoms with Crippen LogP contribution < -0.4 is 5.73 Å². The number of benzene rings is 1. The molecule has 0 aliphatic carbocycles. The fourth-order valence-corrected chi connectivity index (χ4v) is 2.81. The van der Waals surface area contributed by atoms with Gasteiger partial charge in [0.1, 0.15) is 12.1 Å². The summed E-state index contributed by atoms with van der Waals surface area (Å²) < 4.78 is 11.5. The van der Waals surface area contributed by atoms with Crippen LogP contribution in [0.5, 0.6) is 0 Å². The first-order chi connectivity index (χ1) is 10.1. The minimum absolute atomic E-state index is 0.0977. The number of carbonyl (C=O) groups is 1. The molecular weight excluding hydrogens is 266 g/mol. The molecule has 2 N–H and O–H groups in total. The van der Waals surface area contributed by atoms with E-state index in [0.29, 0.717) is 18.9 Å². The molecule has 1 aliphatic rings. The van der Waals surface area contributed by atoms with Gasteiger partial charge in [0.2, 0.25) is 0 Å². The average molecular weight is 291 g/mol. The van der Waals surface area contributed by atoms with Crippen LogP contribution in [0.1, 0.15) is 38.7 Å². The van der Waals surface area contributed by atoms with Crippen molar-refractivity contribution < 1.29 is 14.3 Å². The van der Waals surface area contributed by atoms with Crippen molar-refractivity contribution in [2.24, 2.45) is 11.7 Å². The molecule has 0 spiro atoms. The van der Waals surface area contributed by atoms with E-state index in [-0.39, 0.29) is 18.2 Å². The van der Waals surface area contributed by atoms with Crippen molar-refractivity contribution in [3.05, 3.63) is 35.9 Å². The Morgan fingerprint density at radius 3 is 2.67 bits per heavy atom. The molecule has 0 amide bonds. The van der Waals surface area contributed by atoms with Gasteiger partial charge in [0.15, 0.2) is 0 Å². The minimum atomic E-state index is -0.507. The predicted octanol–water partition coefficient (Wildman–Crippen LogP) is 2.65. The first-order valence-electron chi connectivity index (χ1n) is 7.69. The van der Waals surface area contributed by atoms with Gasteiger partial charge in [0.05, 0.1) is 12.7 Å². The van der Waals surface area contributed by atoms with Gasteiger partial charge in [-0.1, -0.05) is 43.7 Å². The van der Waals surface area contributed by atoms with E-state index in [1.165, 1.54) is 0 Å². The highest BCUT2D eigenvalue weighted by Crippen LogP contribution is 2.24. The molecule has 0 radical (unpaired) electrons. The van der Waals surface area contributed by atoms with E-state index in [2.05, 4.69) is 6.92 Å². The maximum absolute atomic E-state index is 11.9. The van der Waals surface area contributed by atoms with Gasteiger partial charge < -0.3 is 15.2 Å². The minimum Gasteiger partial charge on any atom is -0.459 e. The standard InChI is InChI=1S/C17H25NO3/c1-12-7-6-10-15(18)17(19)21-13(2)16(12)20-11-14-8-4-3-5-9-14/h3-5,8-9,12-13,15-16H,6-7,10-11,18H2,1-2H3. The monoisotopic (exact) mass is 291 g/mol. The van der Waals surface area contributed by atoms with Gasteiger partial charge in [-0.05, 0) is 31.2 Å². The summed E-state index contributed by atoms with van der Waals surface area (Å²) in [4.78, 5) is 11.9. The second-order valence-corrected chi connectivity index (χ2v) is 5.92. The zero-order valence-corrected chi connectivity index (χ0v) is 12.8. The number of nitrogens with two attached hydrogens (primary N) is 1. The molecule has 4 unspecified atom stereocenters. The number of hydrogen-bond donors (Lipinski definition) is 1. The van der Waals surface area contributed by atoms with Crippen LogP contribution in [-0.2, 0) is 20.9 Å². The third kappa shape index (κ3) is 4.55. The Kier molecular flexibility index (Phi) is 5.76. The first-order valence-corrected chi connectivity index (χ1v) is 7.69. The van der Waals surface area contributed by atoms with Crippen molar-refractivity contribution in [3.8, 4) is 0 Å².